The van der Waals surface area contributed by atoms with Crippen molar-refractivity contribution in [1.82, 2.24) is 5.32 Å². The highest BCUT2D eigenvalue weighted by atomic mass is 16.1. The van der Waals surface area contributed by atoms with Crippen LogP contribution in [-0.4, -0.2) is 22.5 Å². The monoisotopic (exact) mass is 181 g/mol. The highest BCUT2D eigenvalue weighted by Gasteiger charge is 2.20. The Morgan fingerprint density at radius 2 is 2.00 bits per heavy atom. The Morgan fingerprint density at radius 3 is 2.54 bits per heavy atom. The van der Waals surface area contributed by atoms with Crippen LogP contribution in [0.5, 0.6) is 0 Å². The van der Waals surface area contributed by atoms with E-state index >= 15 is 0 Å². The van der Waals surface area contributed by atoms with E-state index in [2.05, 4.69) is 10.1 Å². The van der Waals surface area contributed by atoms with Crippen LogP contribution in [0.2, 0.25) is 0 Å². The maximum absolute atomic E-state index is 11.2. The van der Waals surface area contributed by atoms with Crippen LogP contribution in [-0.2, 0) is 4.79 Å². The Kier molecular flexibility index (Phi) is 3.65. The first kappa shape index (κ1) is 9.93. The summed E-state index contributed by atoms with van der Waals surface area (Å²) in [6.07, 6.45) is 5.72. The van der Waals surface area contributed by atoms with Crippen LogP contribution in [0, 0.1) is 0 Å². The summed E-state index contributed by atoms with van der Waals surface area (Å²) in [5, 5.41) is 2.84. The fourth-order valence-corrected chi connectivity index (χ4v) is 1.58. The number of hydrogen-bond donors (Lipinski definition) is 1. The molecule has 0 saturated heterocycles. The van der Waals surface area contributed by atoms with Gasteiger partial charge in [0.25, 0.3) is 0 Å². The van der Waals surface area contributed by atoms with Gasteiger partial charge >= 0.3 is 11.6 Å². The van der Waals surface area contributed by atoms with Crippen LogP contribution in [0.15, 0.2) is 0 Å². The number of hydrogen-bond acceptors (Lipinski definition) is 1. The molecule has 72 valence electrons. The summed E-state index contributed by atoms with van der Waals surface area (Å²) >= 11 is 0. The van der Waals surface area contributed by atoms with Gasteiger partial charge in [-0.1, -0.05) is 19.3 Å². The lowest BCUT2D eigenvalue weighted by Crippen LogP contribution is -2.39. The largest absolute Gasteiger partial charge is 0.361 e. The molecule has 1 saturated carbocycles. The van der Waals surface area contributed by atoms with E-state index in [1.165, 1.54) is 26.2 Å². The fourth-order valence-electron chi connectivity index (χ4n) is 1.58. The Balaban J connectivity index is 2.39. The van der Waals surface area contributed by atoms with Gasteiger partial charge in [-0.25, -0.2) is 0 Å². The SMILES string of the molecule is CC(=[N+]=[N-])C(=O)NC1CCCCC1. The Labute approximate surface area is 77.9 Å². The van der Waals surface area contributed by atoms with E-state index < -0.39 is 0 Å². The molecule has 0 heterocycles. The van der Waals surface area contributed by atoms with E-state index in [1.54, 1.807) is 0 Å². The molecule has 0 atom stereocenters. The van der Waals surface area contributed by atoms with Crippen LogP contribution < -0.4 is 5.32 Å². The van der Waals surface area contributed by atoms with E-state index in [9.17, 15) is 4.79 Å². The highest BCUT2D eigenvalue weighted by molar-refractivity contribution is 6.35. The van der Waals surface area contributed by atoms with Crippen molar-refractivity contribution in [2.45, 2.75) is 45.1 Å². The average molecular weight is 181 g/mol. The first-order valence-electron chi connectivity index (χ1n) is 4.73. The van der Waals surface area contributed by atoms with E-state index in [1.807, 2.05) is 0 Å². The molecule has 4 heteroatoms. The van der Waals surface area contributed by atoms with Crippen molar-refractivity contribution in [3.63, 3.8) is 0 Å². The van der Waals surface area contributed by atoms with Gasteiger partial charge < -0.3 is 10.8 Å². The molecule has 0 aromatic carbocycles. The molecular weight excluding hydrogens is 166 g/mol. The number of nitrogens with zero attached hydrogens (tertiary/aromatic N) is 2. The second kappa shape index (κ2) is 4.77. The van der Waals surface area contributed by atoms with Crippen molar-refractivity contribution in [2.24, 2.45) is 0 Å². The molecule has 0 spiro atoms. The third-order valence-corrected chi connectivity index (χ3v) is 2.42. The zero-order valence-corrected chi connectivity index (χ0v) is 7.92. The van der Waals surface area contributed by atoms with Crippen molar-refractivity contribution in [1.29, 1.82) is 0 Å². The fraction of sp³-hybridized carbons (Fsp3) is 0.778. The predicted molar refractivity (Wildman–Crippen MR) is 49.3 cm³/mol. The van der Waals surface area contributed by atoms with Gasteiger partial charge in [-0.15, -0.1) is 0 Å². The number of carbonyl (C=O) groups excluding carboxylic acids is 1. The molecule has 0 aromatic rings. The van der Waals surface area contributed by atoms with E-state index in [4.69, 9.17) is 5.53 Å². The minimum absolute atomic E-state index is 0.130. The summed E-state index contributed by atoms with van der Waals surface area (Å²) in [6.45, 7) is 1.50. The van der Waals surface area contributed by atoms with Crippen molar-refractivity contribution < 1.29 is 9.58 Å². The molecule has 1 N–H and O–H groups in total. The van der Waals surface area contributed by atoms with Gasteiger partial charge in [-0.3, -0.25) is 4.79 Å². The summed E-state index contributed by atoms with van der Waals surface area (Å²) in [7, 11) is 0. The standard InChI is InChI=1S/C9H15N3O/c1-7(12-10)9(13)11-8-5-3-2-4-6-8/h8H,2-6H2,1H3,(H,11,13). The zero-order valence-electron chi connectivity index (χ0n) is 7.92. The Morgan fingerprint density at radius 1 is 1.38 bits per heavy atom. The lowest BCUT2D eigenvalue weighted by molar-refractivity contribution is -0.120. The predicted octanol–water partition coefficient (Wildman–Crippen LogP) is 1.13. The Bertz CT molecular complexity index is 237. The van der Waals surface area contributed by atoms with Crippen molar-refractivity contribution >= 4 is 11.6 Å². The maximum Gasteiger partial charge on any atom is 0.352 e. The van der Waals surface area contributed by atoms with Gasteiger partial charge in [0.1, 0.15) is 0 Å². The molecule has 1 aliphatic carbocycles. The van der Waals surface area contributed by atoms with E-state index in [-0.39, 0.29) is 17.7 Å². The summed E-state index contributed by atoms with van der Waals surface area (Å²) < 4.78 is 0. The van der Waals surface area contributed by atoms with Crippen molar-refractivity contribution in [2.75, 3.05) is 0 Å². The van der Waals surface area contributed by atoms with Gasteiger partial charge in [0.05, 0.1) is 0 Å². The van der Waals surface area contributed by atoms with Crippen LogP contribution in [0.1, 0.15) is 39.0 Å². The molecule has 1 rings (SSSR count). The van der Waals surface area contributed by atoms with Crippen LogP contribution >= 0.6 is 0 Å². The average Bonchev–Trinajstić information content (AvgIpc) is 2.18. The first-order valence-corrected chi connectivity index (χ1v) is 4.73. The number of rotatable bonds is 2. The molecule has 1 fully saturated rings. The maximum atomic E-state index is 11.2. The molecule has 4 nitrogen and oxygen atoms in total. The summed E-state index contributed by atoms with van der Waals surface area (Å²) in [5.41, 5.74) is 8.49. The number of amides is 1. The summed E-state index contributed by atoms with van der Waals surface area (Å²) in [6, 6.07) is 0.276. The third-order valence-electron chi connectivity index (χ3n) is 2.42. The van der Waals surface area contributed by atoms with Gasteiger partial charge in [0, 0.05) is 13.0 Å². The van der Waals surface area contributed by atoms with Gasteiger partial charge in [-0.05, 0) is 12.8 Å². The van der Waals surface area contributed by atoms with Crippen LogP contribution in [0.25, 0.3) is 5.53 Å². The summed E-state index contributed by atoms with van der Waals surface area (Å²) in [5.74, 6) is -0.255. The smallest absolute Gasteiger partial charge is 0.352 e. The molecule has 0 bridgehead atoms. The molecule has 0 aliphatic heterocycles. The molecular formula is C9H15N3O. The molecule has 1 amide bonds. The van der Waals surface area contributed by atoms with Crippen molar-refractivity contribution in [3.05, 3.63) is 5.53 Å². The lowest BCUT2D eigenvalue weighted by atomic mass is 9.95. The minimum atomic E-state index is -0.255. The van der Waals surface area contributed by atoms with Gasteiger partial charge in [-0.2, -0.15) is 4.79 Å². The quantitative estimate of drug-likeness (QED) is 0.387. The van der Waals surface area contributed by atoms with E-state index in [0.717, 1.165) is 12.8 Å². The molecule has 1 aliphatic rings. The Hall–Kier alpha value is -1.15. The second-order valence-electron chi connectivity index (χ2n) is 3.49. The van der Waals surface area contributed by atoms with E-state index in [0.29, 0.717) is 0 Å². The summed E-state index contributed by atoms with van der Waals surface area (Å²) in [4.78, 5) is 14.1. The van der Waals surface area contributed by atoms with Crippen LogP contribution in [0.4, 0.5) is 0 Å². The second-order valence-corrected chi connectivity index (χ2v) is 3.49. The molecule has 0 aromatic heterocycles. The van der Waals surface area contributed by atoms with Gasteiger partial charge in [0.2, 0.25) is 0 Å². The highest BCUT2D eigenvalue weighted by Crippen LogP contribution is 2.17. The van der Waals surface area contributed by atoms with Crippen LogP contribution in [0.3, 0.4) is 0 Å². The van der Waals surface area contributed by atoms with Gasteiger partial charge in [0.15, 0.2) is 0 Å². The third kappa shape index (κ3) is 2.99. The minimum Gasteiger partial charge on any atom is -0.361 e. The molecule has 0 radical (unpaired) electrons. The zero-order chi connectivity index (χ0) is 9.68. The topological polar surface area (TPSA) is 65.5 Å². The number of nitrogens with one attached hydrogen (secondary N) is 1. The molecule has 0 unspecified atom stereocenters. The first-order chi connectivity index (χ1) is 6.24. The number of carbonyl (C=O) groups is 1. The lowest BCUT2D eigenvalue weighted by Gasteiger charge is -2.21. The molecule has 13 heavy (non-hydrogen) atoms. The normalized spacial score (nSPS) is 17.6. The van der Waals surface area contributed by atoms with Crippen molar-refractivity contribution in [3.8, 4) is 0 Å².